The maximum absolute atomic E-state index is 15.3. The fourth-order valence-electron chi connectivity index (χ4n) is 4.38. The van der Waals surface area contributed by atoms with Crippen molar-refractivity contribution in [3.05, 3.63) is 52.1 Å². The number of rotatable bonds is 7. The van der Waals surface area contributed by atoms with Crippen molar-refractivity contribution >= 4 is 28.7 Å². The number of halogens is 4. The molecule has 1 aliphatic rings. The van der Waals surface area contributed by atoms with E-state index in [4.69, 9.17) is 4.74 Å². The predicted molar refractivity (Wildman–Crippen MR) is 130 cm³/mol. The molecule has 1 N–H and O–H groups in total. The number of nitrogens with zero attached hydrogens (tertiary/aromatic N) is 3. The standard InChI is InChI=1S/C24H26F4N4O3S/c1-4-35-20-11-17(16(26)12-29-20)32-19-10-15(25)14(9-18(19)31(13(2)3)23(32)34)21(33)30-24(22(27)28)5-7-36-8-6-24/h9-13,22H,4-8H2,1-3H3,(H,30,33). The third-order valence-electron chi connectivity index (χ3n) is 6.23. The molecule has 12 heteroatoms. The maximum Gasteiger partial charge on any atom is 0.334 e. The van der Waals surface area contributed by atoms with E-state index in [0.717, 1.165) is 22.9 Å². The first-order valence-electron chi connectivity index (χ1n) is 11.5. The van der Waals surface area contributed by atoms with Gasteiger partial charge in [0.1, 0.15) is 11.4 Å². The summed E-state index contributed by atoms with van der Waals surface area (Å²) >= 11 is 1.51. The van der Waals surface area contributed by atoms with Gasteiger partial charge in [0, 0.05) is 18.2 Å². The van der Waals surface area contributed by atoms with Crippen LogP contribution < -0.4 is 15.7 Å². The molecule has 0 saturated carbocycles. The Hall–Kier alpha value is -3.02. The highest BCUT2D eigenvalue weighted by molar-refractivity contribution is 7.99. The van der Waals surface area contributed by atoms with Crippen LogP contribution in [0.5, 0.6) is 5.88 Å². The van der Waals surface area contributed by atoms with Crippen molar-refractivity contribution in [1.82, 2.24) is 19.4 Å². The molecule has 3 heterocycles. The highest BCUT2D eigenvalue weighted by atomic mass is 32.2. The Morgan fingerprint density at radius 2 is 1.86 bits per heavy atom. The van der Waals surface area contributed by atoms with Gasteiger partial charge in [-0.1, -0.05) is 0 Å². The van der Waals surface area contributed by atoms with Crippen LogP contribution in [-0.2, 0) is 0 Å². The number of aromatic nitrogens is 3. The van der Waals surface area contributed by atoms with Crippen LogP contribution >= 0.6 is 11.8 Å². The average molecular weight is 527 g/mol. The van der Waals surface area contributed by atoms with E-state index < -0.39 is 46.8 Å². The zero-order chi connectivity index (χ0) is 26.2. The molecule has 1 amide bonds. The van der Waals surface area contributed by atoms with Gasteiger partial charge in [0.25, 0.3) is 12.3 Å². The van der Waals surface area contributed by atoms with Crippen LogP contribution in [0.4, 0.5) is 17.6 Å². The van der Waals surface area contributed by atoms with Crippen LogP contribution in [-0.4, -0.2) is 50.1 Å². The number of ether oxygens (including phenoxy) is 1. The fourth-order valence-corrected chi connectivity index (χ4v) is 5.60. The number of hydrogen-bond acceptors (Lipinski definition) is 5. The molecule has 1 aromatic carbocycles. The number of carbonyl (C=O) groups is 1. The zero-order valence-electron chi connectivity index (χ0n) is 20.0. The third-order valence-corrected chi connectivity index (χ3v) is 7.22. The van der Waals surface area contributed by atoms with Gasteiger partial charge in [-0.15, -0.1) is 0 Å². The summed E-state index contributed by atoms with van der Waals surface area (Å²) in [6.07, 6.45) is -1.81. The lowest BCUT2D eigenvalue weighted by atomic mass is 9.92. The minimum Gasteiger partial charge on any atom is -0.478 e. The minimum absolute atomic E-state index is 0.00735. The van der Waals surface area contributed by atoms with Crippen LogP contribution in [0.15, 0.2) is 29.2 Å². The highest BCUT2D eigenvalue weighted by Crippen LogP contribution is 2.33. The first kappa shape index (κ1) is 26.1. The highest BCUT2D eigenvalue weighted by Gasteiger charge is 2.43. The Labute approximate surface area is 208 Å². The molecule has 1 fully saturated rings. The number of fused-ring (bicyclic) bond motifs is 1. The normalized spacial score (nSPS) is 15.6. The number of nitrogens with one attached hydrogen (secondary N) is 1. The third kappa shape index (κ3) is 4.58. The molecule has 3 aromatic rings. The Kier molecular flexibility index (Phi) is 7.35. The molecule has 194 valence electrons. The van der Waals surface area contributed by atoms with E-state index in [9.17, 15) is 22.8 Å². The van der Waals surface area contributed by atoms with Gasteiger partial charge in [-0.05, 0) is 51.2 Å². The second-order valence-electron chi connectivity index (χ2n) is 8.83. The second kappa shape index (κ2) is 10.2. The molecule has 0 unspecified atom stereocenters. The van der Waals surface area contributed by atoms with Gasteiger partial charge in [0.05, 0.1) is 35.1 Å². The summed E-state index contributed by atoms with van der Waals surface area (Å²) in [6, 6.07) is 2.88. The second-order valence-corrected chi connectivity index (χ2v) is 10.1. The lowest BCUT2D eigenvalue weighted by Gasteiger charge is -2.37. The molecule has 0 spiro atoms. The number of alkyl halides is 2. The van der Waals surface area contributed by atoms with E-state index in [0.29, 0.717) is 11.5 Å². The molecule has 0 bridgehead atoms. The number of carbonyl (C=O) groups excluding carboxylic acids is 1. The number of thioether (sulfide) groups is 1. The molecule has 0 aliphatic carbocycles. The van der Waals surface area contributed by atoms with Crippen LogP contribution in [0.2, 0.25) is 0 Å². The molecule has 7 nitrogen and oxygen atoms in total. The number of pyridine rings is 1. The summed E-state index contributed by atoms with van der Waals surface area (Å²) in [7, 11) is 0. The van der Waals surface area contributed by atoms with Crippen molar-refractivity contribution in [1.29, 1.82) is 0 Å². The molecule has 1 saturated heterocycles. The SMILES string of the molecule is CCOc1cc(-n2c(=O)n(C(C)C)c3cc(C(=O)NC4(C(F)F)CCSCC4)c(F)cc32)c(F)cn1. The van der Waals surface area contributed by atoms with Gasteiger partial charge in [-0.2, -0.15) is 11.8 Å². The molecular weight excluding hydrogens is 500 g/mol. The first-order chi connectivity index (χ1) is 17.1. The summed E-state index contributed by atoms with van der Waals surface area (Å²) in [5.41, 5.74) is -2.93. The summed E-state index contributed by atoms with van der Waals surface area (Å²) < 4.78 is 65.5. The van der Waals surface area contributed by atoms with Crippen molar-refractivity contribution in [2.24, 2.45) is 0 Å². The molecule has 0 atom stereocenters. The quantitative estimate of drug-likeness (QED) is 0.452. The van der Waals surface area contributed by atoms with Crippen LogP contribution in [0.3, 0.4) is 0 Å². The van der Waals surface area contributed by atoms with E-state index in [1.54, 1.807) is 20.8 Å². The fraction of sp³-hybridized carbons (Fsp3) is 0.458. The molecule has 4 rings (SSSR count). The van der Waals surface area contributed by atoms with Gasteiger partial charge in [-0.3, -0.25) is 13.9 Å². The van der Waals surface area contributed by atoms with Crippen molar-refractivity contribution in [2.45, 2.75) is 51.6 Å². The van der Waals surface area contributed by atoms with E-state index >= 15 is 4.39 Å². The van der Waals surface area contributed by atoms with E-state index in [1.807, 2.05) is 0 Å². The van der Waals surface area contributed by atoms with E-state index in [2.05, 4.69) is 10.3 Å². The molecule has 1 aliphatic heterocycles. The van der Waals surface area contributed by atoms with Crippen molar-refractivity contribution in [3.8, 4) is 11.6 Å². The van der Waals surface area contributed by atoms with Crippen molar-refractivity contribution < 1.29 is 27.1 Å². The van der Waals surface area contributed by atoms with Gasteiger partial charge < -0.3 is 10.1 Å². The van der Waals surface area contributed by atoms with Crippen LogP contribution in [0.25, 0.3) is 16.7 Å². The van der Waals surface area contributed by atoms with Gasteiger partial charge >= 0.3 is 5.69 Å². The van der Waals surface area contributed by atoms with Gasteiger partial charge in [-0.25, -0.2) is 27.3 Å². The largest absolute Gasteiger partial charge is 0.478 e. The molecular formula is C24H26F4N4O3S. The van der Waals surface area contributed by atoms with Gasteiger partial charge in [0.15, 0.2) is 5.82 Å². The average Bonchev–Trinajstić information content (AvgIpc) is 3.11. The summed E-state index contributed by atoms with van der Waals surface area (Å²) in [4.78, 5) is 30.2. The monoisotopic (exact) mass is 526 g/mol. The van der Waals surface area contributed by atoms with Crippen molar-refractivity contribution in [2.75, 3.05) is 18.1 Å². The van der Waals surface area contributed by atoms with Crippen molar-refractivity contribution in [3.63, 3.8) is 0 Å². The van der Waals surface area contributed by atoms with E-state index in [-0.39, 0.29) is 42.0 Å². The number of hydrogen-bond donors (Lipinski definition) is 1. The Morgan fingerprint density at radius 1 is 1.17 bits per heavy atom. The number of imidazole rings is 1. The predicted octanol–water partition coefficient (Wildman–Crippen LogP) is 4.71. The smallest absolute Gasteiger partial charge is 0.334 e. The van der Waals surface area contributed by atoms with Crippen LogP contribution in [0, 0.1) is 11.6 Å². The molecule has 0 radical (unpaired) electrons. The molecule has 36 heavy (non-hydrogen) atoms. The Bertz CT molecular complexity index is 1350. The summed E-state index contributed by atoms with van der Waals surface area (Å²) in [5.74, 6) is -1.88. The number of benzene rings is 1. The lowest BCUT2D eigenvalue weighted by Crippen LogP contribution is -2.56. The topological polar surface area (TPSA) is 78.1 Å². The van der Waals surface area contributed by atoms with E-state index in [1.165, 1.54) is 22.4 Å². The summed E-state index contributed by atoms with van der Waals surface area (Å²) in [6.45, 7) is 5.38. The minimum atomic E-state index is -2.82. The number of amides is 1. The lowest BCUT2D eigenvalue weighted by molar-refractivity contribution is 0.0226. The van der Waals surface area contributed by atoms with Crippen LogP contribution in [0.1, 0.15) is 50.0 Å². The maximum atomic E-state index is 15.3. The molecule has 2 aromatic heterocycles. The van der Waals surface area contributed by atoms with Gasteiger partial charge in [0.2, 0.25) is 5.88 Å². The first-order valence-corrected chi connectivity index (χ1v) is 12.7. The zero-order valence-corrected chi connectivity index (χ0v) is 20.8. The summed E-state index contributed by atoms with van der Waals surface area (Å²) in [5, 5.41) is 2.36. The Morgan fingerprint density at radius 3 is 2.47 bits per heavy atom. The Balaban J connectivity index is 1.87.